The molecular weight excluding hydrogens is 400 g/mol. The molecular formula is C24H34O7. The van der Waals surface area contributed by atoms with Gasteiger partial charge >= 0.3 is 0 Å². The molecule has 4 rings (SSSR count). The molecule has 2 bridgehead atoms. The number of ketones is 2. The Kier molecular flexibility index (Phi) is 8.44. The van der Waals surface area contributed by atoms with Gasteiger partial charge in [0, 0.05) is 11.1 Å². The summed E-state index contributed by atoms with van der Waals surface area (Å²) in [6.45, 7) is 2.29. The maximum Gasteiger partial charge on any atom is 0.189 e. The average Bonchev–Trinajstić information content (AvgIpc) is 2.78. The van der Waals surface area contributed by atoms with Gasteiger partial charge < -0.3 is 23.7 Å². The normalized spacial score (nSPS) is 34.5. The van der Waals surface area contributed by atoms with Gasteiger partial charge in [-0.3, -0.25) is 9.59 Å². The summed E-state index contributed by atoms with van der Waals surface area (Å²) in [4.78, 5) is 25.2. The largest absolute Gasteiger partial charge is 0.377 e. The average molecular weight is 435 g/mol. The predicted molar refractivity (Wildman–Crippen MR) is 113 cm³/mol. The van der Waals surface area contributed by atoms with Crippen LogP contribution in [0, 0.1) is 0 Å². The topological polar surface area (TPSA) is 80.3 Å². The van der Waals surface area contributed by atoms with Gasteiger partial charge in [-0.2, -0.15) is 0 Å². The SMILES string of the molecule is O=C1C=C2CO[C@@H]3CCCC[C@@H]3OCCOCCO[C@H]3CCCC[C@H]3OCC(=C1)C2=O. The van der Waals surface area contributed by atoms with Crippen molar-refractivity contribution in [3.8, 4) is 0 Å². The van der Waals surface area contributed by atoms with Crippen LogP contribution in [0.5, 0.6) is 0 Å². The molecule has 172 valence electrons. The number of allylic oxidation sites excluding steroid dienone is 2. The van der Waals surface area contributed by atoms with Crippen LogP contribution in [-0.2, 0) is 33.3 Å². The molecule has 1 aliphatic heterocycles. The smallest absolute Gasteiger partial charge is 0.189 e. The number of rotatable bonds is 0. The Morgan fingerprint density at radius 1 is 0.581 bits per heavy atom. The van der Waals surface area contributed by atoms with E-state index in [-0.39, 0.29) is 49.2 Å². The summed E-state index contributed by atoms with van der Waals surface area (Å²) < 4.78 is 29.9. The van der Waals surface area contributed by atoms with Crippen molar-refractivity contribution in [1.82, 2.24) is 0 Å². The molecule has 0 aromatic heterocycles. The maximum absolute atomic E-state index is 13.0. The number of Topliss-reactive ketones (excluding diaryl/α,β-unsaturated/α-hetero) is 1. The molecule has 2 saturated carbocycles. The van der Waals surface area contributed by atoms with Crippen LogP contribution >= 0.6 is 0 Å². The van der Waals surface area contributed by atoms with Crippen molar-refractivity contribution in [3.05, 3.63) is 23.3 Å². The Bertz CT molecular complexity index is 644. The zero-order valence-electron chi connectivity index (χ0n) is 18.2. The first kappa shape index (κ1) is 22.8. The Labute approximate surface area is 184 Å². The number of hydrogen-bond acceptors (Lipinski definition) is 7. The van der Waals surface area contributed by atoms with E-state index in [0.29, 0.717) is 37.6 Å². The van der Waals surface area contributed by atoms with Crippen LogP contribution in [0.3, 0.4) is 0 Å². The predicted octanol–water partition coefficient (Wildman–Crippen LogP) is 2.71. The highest BCUT2D eigenvalue weighted by Gasteiger charge is 2.31. The first-order chi connectivity index (χ1) is 15.2. The number of fused-ring (bicyclic) bond motifs is 4. The van der Waals surface area contributed by atoms with Crippen LogP contribution in [-0.4, -0.2) is 75.6 Å². The van der Waals surface area contributed by atoms with Gasteiger partial charge in [-0.15, -0.1) is 0 Å². The minimum absolute atomic E-state index is 0.0104. The molecule has 4 aliphatic rings. The lowest BCUT2D eigenvalue weighted by atomic mass is 9.93. The number of ether oxygens (including phenoxy) is 5. The zero-order chi connectivity index (χ0) is 21.5. The minimum Gasteiger partial charge on any atom is -0.377 e. The summed E-state index contributed by atoms with van der Waals surface area (Å²) in [5.41, 5.74) is 0.799. The van der Waals surface area contributed by atoms with E-state index in [1.54, 1.807) is 0 Å². The van der Waals surface area contributed by atoms with E-state index in [4.69, 9.17) is 23.7 Å². The second kappa shape index (κ2) is 11.5. The molecule has 0 aromatic rings. The standard InChI is InChI=1S/C24H34O7/c25-19-13-17-15-30-22-7-3-1-5-20(22)28-11-9-27-10-12-29-21-6-2-4-8-23(21)31-16-18(14-19)24(17)26/h13-14,20-23H,1-12,15-16H2/t20-,21-,22+,23+/m0/s1. The van der Waals surface area contributed by atoms with Crippen LogP contribution in [0.1, 0.15) is 51.4 Å². The van der Waals surface area contributed by atoms with Crippen LogP contribution in [0.4, 0.5) is 0 Å². The Balaban J connectivity index is 1.44. The summed E-state index contributed by atoms with van der Waals surface area (Å²) >= 11 is 0. The molecule has 3 fully saturated rings. The van der Waals surface area contributed by atoms with Gasteiger partial charge in [0.25, 0.3) is 0 Å². The van der Waals surface area contributed by atoms with Gasteiger partial charge in [-0.05, 0) is 37.8 Å². The molecule has 0 N–H and O–H groups in total. The van der Waals surface area contributed by atoms with Crippen molar-refractivity contribution in [2.75, 3.05) is 39.6 Å². The highest BCUT2D eigenvalue weighted by Crippen LogP contribution is 2.27. The fraction of sp³-hybridized carbons (Fsp3) is 0.750. The molecule has 3 aliphatic carbocycles. The molecule has 0 radical (unpaired) electrons. The first-order valence-corrected chi connectivity index (χ1v) is 11.7. The van der Waals surface area contributed by atoms with Crippen LogP contribution in [0.15, 0.2) is 23.3 Å². The van der Waals surface area contributed by atoms with E-state index in [9.17, 15) is 9.59 Å². The molecule has 0 aromatic carbocycles. The van der Waals surface area contributed by atoms with Gasteiger partial charge in [0.2, 0.25) is 0 Å². The highest BCUT2D eigenvalue weighted by molar-refractivity contribution is 6.20. The van der Waals surface area contributed by atoms with Gasteiger partial charge in [-0.1, -0.05) is 25.7 Å². The number of hydrogen-bond donors (Lipinski definition) is 0. The quantitative estimate of drug-likeness (QED) is 0.542. The summed E-state index contributed by atoms with van der Waals surface area (Å²) in [6, 6.07) is 0. The lowest BCUT2D eigenvalue weighted by Gasteiger charge is -2.33. The van der Waals surface area contributed by atoms with Crippen molar-refractivity contribution in [3.63, 3.8) is 0 Å². The van der Waals surface area contributed by atoms with E-state index >= 15 is 0 Å². The van der Waals surface area contributed by atoms with Crippen LogP contribution < -0.4 is 0 Å². The summed E-state index contributed by atoms with van der Waals surface area (Å²) in [5, 5.41) is 0. The lowest BCUT2D eigenvalue weighted by molar-refractivity contribution is -0.123. The molecule has 0 unspecified atom stereocenters. The van der Waals surface area contributed by atoms with E-state index in [1.165, 1.54) is 12.2 Å². The van der Waals surface area contributed by atoms with Gasteiger partial charge in [0.1, 0.15) is 0 Å². The van der Waals surface area contributed by atoms with Crippen molar-refractivity contribution >= 4 is 11.6 Å². The number of carbonyl (C=O) groups excluding carboxylic acids is 2. The number of carbonyl (C=O) groups is 2. The molecule has 0 amide bonds. The Hall–Kier alpha value is -1.38. The minimum atomic E-state index is -0.184. The van der Waals surface area contributed by atoms with E-state index in [1.807, 2.05) is 0 Å². The van der Waals surface area contributed by atoms with Crippen LogP contribution in [0.25, 0.3) is 0 Å². The second-order valence-electron chi connectivity index (χ2n) is 8.77. The monoisotopic (exact) mass is 434 g/mol. The molecule has 1 saturated heterocycles. The third-order valence-corrected chi connectivity index (χ3v) is 6.53. The Morgan fingerprint density at radius 2 is 1.00 bits per heavy atom. The van der Waals surface area contributed by atoms with Crippen molar-refractivity contribution in [2.24, 2.45) is 0 Å². The molecule has 4 atom stereocenters. The molecule has 0 spiro atoms. The van der Waals surface area contributed by atoms with E-state index in [2.05, 4.69) is 0 Å². The van der Waals surface area contributed by atoms with Crippen molar-refractivity contribution < 1.29 is 33.3 Å². The zero-order valence-corrected chi connectivity index (χ0v) is 18.2. The third-order valence-electron chi connectivity index (χ3n) is 6.53. The molecule has 7 heteroatoms. The van der Waals surface area contributed by atoms with E-state index in [0.717, 1.165) is 51.4 Å². The lowest BCUT2D eigenvalue weighted by Crippen LogP contribution is -2.38. The van der Waals surface area contributed by atoms with Gasteiger partial charge in [0.15, 0.2) is 11.6 Å². The third kappa shape index (κ3) is 6.33. The van der Waals surface area contributed by atoms with Gasteiger partial charge in [-0.25, -0.2) is 0 Å². The highest BCUT2D eigenvalue weighted by atomic mass is 16.6. The molecule has 1 heterocycles. The van der Waals surface area contributed by atoms with Crippen molar-refractivity contribution in [2.45, 2.75) is 75.8 Å². The fourth-order valence-electron chi connectivity index (χ4n) is 4.84. The maximum atomic E-state index is 13.0. The second-order valence-corrected chi connectivity index (χ2v) is 8.77. The fourth-order valence-corrected chi connectivity index (χ4v) is 4.84. The summed E-state index contributed by atoms with van der Waals surface area (Å²) in [6.07, 6.45) is 10.6. The molecule has 31 heavy (non-hydrogen) atoms. The Morgan fingerprint density at radius 3 is 1.45 bits per heavy atom. The molecule has 7 nitrogen and oxygen atoms in total. The van der Waals surface area contributed by atoms with E-state index < -0.39 is 0 Å². The first-order valence-electron chi connectivity index (χ1n) is 11.7. The van der Waals surface area contributed by atoms with Gasteiger partial charge in [0.05, 0.1) is 64.1 Å². The summed E-state index contributed by atoms with van der Waals surface area (Å²) in [5.74, 6) is -0.341. The van der Waals surface area contributed by atoms with Crippen molar-refractivity contribution in [1.29, 1.82) is 0 Å². The summed E-state index contributed by atoms with van der Waals surface area (Å²) in [7, 11) is 0. The van der Waals surface area contributed by atoms with Crippen LogP contribution in [0.2, 0.25) is 0 Å².